The molecule has 0 aliphatic heterocycles. The van der Waals surface area contributed by atoms with E-state index in [9.17, 15) is 4.79 Å². The molecule has 0 radical (unpaired) electrons. The Hall–Kier alpha value is -1.54. The van der Waals surface area contributed by atoms with E-state index in [1.54, 1.807) is 6.07 Å². The molecular formula is C16H20BrN3O. The lowest BCUT2D eigenvalue weighted by atomic mass is 9.95. The third-order valence-corrected chi connectivity index (χ3v) is 4.31. The number of halogens is 1. The largest absolute Gasteiger partial charge is 0.373 e. The van der Waals surface area contributed by atoms with Crippen LogP contribution in [0, 0.1) is 11.3 Å². The van der Waals surface area contributed by atoms with Gasteiger partial charge in [-0.2, -0.15) is 5.26 Å². The number of nitrogens with one attached hydrogen (secondary N) is 2. The van der Waals surface area contributed by atoms with Gasteiger partial charge in [0.1, 0.15) is 12.1 Å². The molecule has 21 heavy (non-hydrogen) atoms. The van der Waals surface area contributed by atoms with Crippen molar-refractivity contribution in [1.29, 1.82) is 5.26 Å². The Morgan fingerprint density at radius 3 is 2.76 bits per heavy atom. The van der Waals surface area contributed by atoms with Crippen LogP contribution in [0.2, 0.25) is 0 Å². The first kappa shape index (κ1) is 15.8. The van der Waals surface area contributed by atoms with E-state index >= 15 is 0 Å². The summed E-state index contributed by atoms with van der Waals surface area (Å²) in [5.74, 6) is -0.00855. The molecule has 0 heterocycles. The second-order valence-electron chi connectivity index (χ2n) is 5.51. The molecule has 5 heteroatoms. The second-order valence-corrected chi connectivity index (χ2v) is 6.43. The minimum Gasteiger partial charge on any atom is -0.373 e. The van der Waals surface area contributed by atoms with Crippen LogP contribution in [0.25, 0.3) is 0 Å². The highest BCUT2D eigenvalue weighted by atomic mass is 79.9. The molecule has 1 atom stereocenters. The number of hydrogen-bond donors (Lipinski definition) is 2. The number of rotatable bonds is 4. The van der Waals surface area contributed by atoms with Crippen LogP contribution >= 0.6 is 15.9 Å². The van der Waals surface area contributed by atoms with Crippen LogP contribution in [0.1, 0.15) is 44.6 Å². The zero-order valence-electron chi connectivity index (χ0n) is 12.2. The monoisotopic (exact) mass is 349 g/mol. The van der Waals surface area contributed by atoms with Crippen molar-refractivity contribution in [3.63, 3.8) is 0 Å². The Bertz CT molecular complexity index is 547. The van der Waals surface area contributed by atoms with E-state index in [4.69, 9.17) is 5.26 Å². The van der Waals surface area contributed by atoms with Crippen LogP contribution in [-0.2, 0) is 4.79 Å². The summed E-state index contributed by atoms with van der Waals surface area (Å²) in [6.07, 6.45) is 5.79. The molecule has 1 saturated carbocycles. The van der Waals surface area contributed by atoms with Gasteiger partial charge in [0.15, 0.2) is 0 Å². The first-order valence-electron chi connectivity index (χ1n) is 7.36. The number of nitrogens with zero attached hydrogens (tertiary/aromatic N) is 1. The van der Waals surface area contributed by atoms with Gasteiger partial charge in [-0.3, -0.25) is 4.79 Å². The summed E-state index contributed by atoms with van der Waals surface area (Å²) >= 11 is 3.38. The van der Waals surface area contributed by atoms with Crippen LogP contribution in [0.5, 0.6) is 0 Å². The van der Waals surface area contributed by atoms with Crippen LogP contribution < -0.4 is 10.6 Å². The van der Waals surface area contributed by atoms with E-state index in [2.05, 4.69) is 32.6 Å². The van der Waals surface area contributed by atoms with Gasteiger partial charge in [-0.05, 0) is 38.0 Å². The van der Waals surface area contributed by atoms with Crippen LogP contribution in [-0.4, -0.2) is 18.0 Å². The zero-order valence-corrected chi connectivity index (χ0v) is 13.7. The van der Waals surface area contributed by atoms with Crippen molar-refractivity contribution < 1.29 is 4.79 Å². The number of carbonyl (C=O) groups is 1. The quantitative estimate of drug-likeness (QED) is 0.873. The summed E-state index contributed by atoms with van der Waals surface area (Å²) in [5.41, 5.74) is 1.22. The fourth-order valence-corrected chi connectivity index (χ4v) is 2.97. The summed E-state index contributed by atoms with van der Waals surface area (Å²) in [7, 11) is 0. The molecule has 1 amide bonds. The van der Waals surface area contributed by atoms with E-state index < -0.39 is 0 Å². The average Bonchev–Trinajstić information content (AvgIpc) is 2.48. The molecule has 0 bridgehead atoms. The van der Waals surface area contributed by atoms with Gasteiger partial charge in [0.2, 0.25) is 5.91 Å². The number of benzene rings is 1. The Balaban J connectivity index is 1.97. The Labute approximate surface area is 134 Å². The third-order valence-electron chi connectivity index (χ3n) is 3.82. The summed E-state index contributed by atoms with van der Waals surface area (Å²) in [6.45, 7) is 1.82. The summed E-state index contributed by atoms with van der Waals surface area (Å²) in [5, 5.41) is 15.3. The molecule has 1 aliphatic rings. The molecule has 1 aromatic rings. The van der Waals surface area contributed by atoms with Gasteiger partial charge >= 0.3 is 0 Å². The van der Waals surface area contributed by atoms with Crippen LogP contribution in [0.4, 0.5) is 5.69 Å². The molecule has 1 fully saturated rings. The lowest BCUT2D eigenvalue weighted by molar-refractivity contribution is -0.122. The Kier molecular flexibility index (Phi) is 5.63. The number of amides is 1. The van der Waals surface area contributed by atoms with E-state index in [1.807, 2.05) is 19.1 Å². The van der Waals surface area contributed by atoms with Crippen molar-refractivity contribution in [2.75, 3.05) is 5.32 Å². The van der Waals surface area contributed by atoms with Crippen molar-refractivity contribution in [1.82, 2.24) is 5.32 Å². The van der Waals surface area contributed by atoms with Crippen molar-refractivity contribution in [2.45, 2.75) is 51.1 Å². The molecular weight excluding hydrogens is 330 g/mol. The molecule has 0 saturated heterocycles. The van der Waals surface area contributed by atoms with E-state index in [0.29, 0.717) is 17.3 Å². The predicted molar refractivity (Wildman–Crippen MR) is 87.0 cm³/mol. The van der Waals surface area contributed by atoms with Gasteiger partial charge in [0, 0.05) is 10.5 Å². The minimum absolute atomic E-state index is 0.00855. The molecule has 2 N–H and O–H groups in total. The van der Waals surface area contributed by atoms with Gasteiger partial charge in [-0.15, -0.1) is 0 Å². The van der Waals surface area contributed by atoms with Crippen LogP contribution in [0.3, 0.4) is 0 Å². The topological polar surface area (TPSA) is 64.9 Å². The van der Waals surface area contributed by atoms with E-state index in [1.165, 1.54) is 19.3 Å². The molecule has 0 spiro atoms. The lowest BCUT2D eigenvalue weighted by Crippen LogP contribution is -2.44. The fourth-order valence-electron chi connectivity index (χ4n) is 2.61. The molecule has 1 unspecified atom stereocenters. The normalized spacial score (nSPS) is 16.8. The zero-order chi connectivity index (χ0) is 15.2. The number of carbonyl (C=O) groups excluding carboxylic acids is 1. The van der Waals surface area contributed by atoms with Gasteiger partial charge in [0.25, 0.3) is 0 Å². The SMILES string of the molecule is CC(Nc1cc(Br)ccc1C#N)C(=O)NC1CCCCC1. The standard InChI is InChI=1S/C16H20BrN3O/c1-11(16(21)20-14-5-3-2-4-6-14)19-15-9-13(17)8-7-12(15)10-18/h7-9,11,14,19H,2-6H2,1H3,(H,20,21). The number of anilines is 1. The van der Waals surface area contributed by atoms with Crippen molar-refractivity contribution in [3.05, 3.63) is 28.2 Å². The lowest BCUT2D eigenvalue weighted by Gasteiger charge is -2.25. The van der Waals surface area contributed by atoms with Gasteiger partial charge in [0.05, 0.1) is 11.3 Å². The first-order chi connectivity index (χ1) is 10.1. The summed E-state index contributed by atoms with van der Waals surface area (Å²) in [4.78, 5) is 12.2. The van der Waals surface area contributed by atoms with Crippen molar-refractivity contribution in [2.24, 2.45) is 0 Å². The average molecular weight is 350 g/mol. The minimum atomic E-state index is -0.367. The number of nitriles is 1. The maximum Gasteiger partial charge on any atom is 0.242 e. The highest BCUT2D eigenvalue weighted by molar-refractivity contribution is 9.10. The van der Waals surface area contributed by atoms with Crippen LogP contribution in [0.15, 0.2) is 22.7 Å². The summed E-state index contributed by atoms with van der Waals surface area (Å²) in [6, 6.07) is 7.44. The maximum atomic E-state index is 12.2. The molecule has 1 aromatic carbocycles. The summed E-state index contributed by atoms with van der Waals surface area (Å²) < 4.78 is 0.879. The smallest absolute Gasteiger partial charge is 0.242 e. The second kappa shape index (κ2) is 7.46. The Morgan fingerprint density at radius 2 is 2.10 bits per heavy atom. The molecule has 1 aliphatic carbocycles. The molecule has 112 valence electrons. The van der Waals surface area contributed by atoms with Gasteiger partial charge < -0.3 is 10.6 Å². The fraction of sp³-hybridized carbons (Fsp3) is 0.500. The molecule has 0 aromatic heterocycles. The molecule has 2 rings (SSSR count). The Morgan fingerprint density at radius 1 is 1.38 bits per heavy atom. The maximum absolute atomic E-state index is 12.2. The highest BCUT2D eigenvalue weighted by Crippen LogP contribution is 2.22. The van der Waals surface area contributed by atoms with Crippen molar-refractivity contribution in [3.8, 4) is 6.07 Å². The van der Waals surface area contributed by atoms with E-state index in [-0.39, 0.29) is 11.9 Å². The highest BCUT2D eigenvalue weighted by Gasteiger charge is 2.20. The number of hydrogen-bond acceptors (Lipinski definition) is 3. The van der Waals surface area contributed by atoms with Gasteiger partial charge in [-0.25, -0.2) is 0 Å². The predicted octanol–water partition coefficient (Wildman–Crippen LogP) is 3.57. The third kappa shape index (κ3) is 4.47. The van der Waals surface area contributed by atoms with Gasteiger partial charge in [-0.1, -0.05) is 35.2 Å². The van der Waals surface area contributed by atoms with Crippen molar-refractivity contribution >= 4 is 27.5 Å². The van der Waals surface area contributed by atoms with E-state index in [0.717, 1.165) is 17.3 Å². The molecule has 4 nitrogen and oxygen atoms in total. The first-order valence-corrected chi connectivity index (χ1v) is 8.16.